The summed E-state index contributed by atoms with van der Waals surface area (Å²) in [6, 6.07) is 11.1. The number of amides is 2. The topological polar surface area (TPSA) is 117 Å². The zero-order valence-corrected chi connectivity index (χ0v) is 21.0. The highest BCUT2D eigenvalue weighted by Crippen LogP contribution is 2.28. The highest BCUT2D eigenvalue weighted by molar-refractivity contribution is 9.10. The van der Waals surface area contributed by atoms with Crippen molar-refractivity contribution in [1.82, 2.24) is 10.2 Å². The molecule has 0 saturated carbocycles. The molecule has 3 N–H and O–H groups in total. The summed E-state index contributed by atoms with van der Waals surface area (Å²) in [5.74, 6) is -1.18. The van der Waals surface area contributed by atoms with E-state index in [0.717, 1.165) is 24.1 Å². The number of hydrogen-bond donors (Lipinski definition) is 3. The lowest BCUT2D eigenvalue weighted by Gasteiger charge is -2.27. The van der Waals surface area contributed by atoms with Gasteiger partial charge in [0.15, 0.2) is 9.84 Å². The molecule has 182 valence electrons. The Morgan fingerprint density at radius 3 is 2.71 bits per heavy atom. The van der Waals surface area contributed by atoms with Gasteiger partial charge in [-0.05, 0) is 35.9 Å². The maximum absolute atomic E-state index is 12.7. The lowest BCUT2D eigenvalue weighted by molar-refractivity contribution is -0.116. The zero-order valence-electron chi connectivity index (χ0n) is 18.6. The quantitative estimate of drug-likeness (QED) is 0.459. The van der Waals surface area contributed by atoms with Crippen LogP contribution >= 0.6 is 15.9 Å². The number of hydrogen-bond acceptors (Lipinski definition) is 7. The second-order valence-electron chi connectivity index (χ2n) is 8.34. The molecule has 0 bridgehead atoms. The minimum absolute atomic E-state index is 0.158. The molecule has 1 fully saturated rings. The smallest absolute Gasteiger partial charge is 0.251 e. The van der Waals surface area contributed by atoms with Gasteiger partial charge in [0.2, 0.25) is 5.91 Å². The Hall–Kier alpha value is -2.47. The maximum atomic E-state index is 12.7. The third-order valence-corrected chi connectivity index (χ3v) is 7.81. The SMILES string of the molecule is O=C(NCCN1CCOCC1)c1ccc2c(c1)NC(=O)[C@@H](CS(=O)(=O)Cc1cccc(Br)c1)N2. The van der Waals surface area contributed by atoms with Crippen LogP contribution in [-0.4, -0.2) is 76.3 Å². The van der Waals surface area contributed by atoms with Crippen molar-refractivity contribution in [1.29, 1.82) is 0 Å². The van der Waals surface area contributed by atoms with Crippen molar-refractivity contribution in [3.63, 3.8) is 0 Å². The van der Waals surface area contributed by atoms with Gasteiger partial charge in [-0.1, -0.05) is 28.1 Å². The molecule has 34 heavy (non-hydrogen) atoms. The molecule has 2 aliphatic rings. The number of sulfone groups is 1. The molecule has 11 heteroatoms. The molecular formula is C23H27BrN4O5S. The first-order valence-corrected chi connectivity index (χ1v) is 13.7. The van der Waals surface area contributed by atoms with Crippen LogP contribution in [0.15, 0.2) is 46.9 Å². The largest absolute Gasteiger partial charge is 0.379 e. The van der Waals surface area contributed by atoms with E-state index in [1.165, 1.54) is 0 Å². The summed E-state index contributed by atoms with van der Waals surface area (Å²) in [6.45, 7) is 4.38. The highest BCUT2D eigenvalue weighted by Gasteiger charge is 2.30. The van der Waals surface area contributed by atoms with Gasteiger partial charge in [-0.25, -0.2) is 8.42 Å². The predicted molar refractivity (Wildman–Crippen MR) is 134 cm³/mol. The van der Waals surface area contributed by atoms with Gasteiger partial charge >= 0.3 is 0 Å². The van der Waals surface area contributed by atoms with Crippen molar-refractivity contribution in [3.05, 3.63) is 58.1 Å². The average molecular weight is 551 g/mol. The molecule has 2 aliphatic heterocycles. The van der Waals surface area contributed by atoms with Gasteiger partial charge in [-0.2, -0.15) is 0 Å². The summed E-state index contributed by atoms with van der Waals surface area (Å²) in [4.78, 5) is 27.4. The van der Waals surface area contributed by atoms with E-state index in [2.05, 4.69) is 36.8 Å². The Morgan fingerprint density at radius 1 is 1.15 bits per heavy atom. The molecular weight excluding hydrogens is 524 g/mol. The zero-order chi connectivity index (χ0) is 24.1. The summed E-state index contributed by atoms with van der Waals surface area (Å²) >= 11 is 3.34. The molecule has 0 spiro atoms. The van der Waals surface area contributed by atoms with Crippen molar-refractivity contribution >= 4 is 49.0 Å². The van der Waals surface area contributed by atoms with Crippen molar-refractivity contribution < 1.29 is 22.7 Å². The first-order valence-electron chi connectivity index (χ1n) is 11.0. The van der Waals surface area contributed by atoms with Crippen LogP contribution in [-0.2, 0) is 25.1 Å². The summed E-state index contributed by atoms with van der Waals surface area (Å²) in [5.41, 5.74) is 2.09. The summed E-state index contributed by atoms with van der Waals surface area (Å²) < 4.78 is 31.5. The molecule has 2 heterocycles. The minimum Gasteiger partial charge on any atom is -0.379 e. The van der Waals surface area contributed by atoms with E-state index < -0.39 is 21.8 Å². The first-order chi connectivity index (χ1) is 16.3. The second kappa shape index (κ2) is 10.9. The van der Waals surface area contributed by atoms with Gasteiger partial charge in [0.1, 0.15) is 6.04 Å². The molecule has 1 atom stereocenters. The summed E-state index contributed by atoms with van der Waals surface area (Å²) in [7, 11) is -3.55. The lowest BCUT2D eigenvalue weighted by atomic mass is 10.1. The van der Waals surface area contributed by atoms with E-state index in [9.17, 15) is 18.0 Å². The lowest BCUT2D eigenvalue weighted by Crippen LogP contribution is -2.44. The molecule has 0 aromatic heterocycles. The molecule has 0 radical (unpaired) electrons. The minimum atomic E-state index is -3.55. The van der Waals surface area contributed by atoms with E-state index in [1.807, 2.05) is 6.07 Å². The normalized spacial score (nSPS) is 18.5. The number of nitrogens with one attached hydrogen (secondary N) is 3. The Morgan fingerprint density at radius 2 is 1.94 bits per heavy atom. The van der Waals surface area contributed by atoms with Crippen LogP contribution in [0.25, 0.3) is 0 Å². The summed E-state index contributed by atoms with van der Waals surface area (Å²) in [5, 5.41) is 8.63. The third-order valence-electron chi connectivity index (χ3n) is 5.70. The number of benzene rings is 2. The van der Waals surface area contributed by atoms with Gasteiger partial charge < -0.3 is 20.7 Å². The number of ether oxygens (including phenoxy) is 1. The van der Waals surface area contributed by atoms with E-state index in [0.29, 0.717) is 42.3 Å². The number of fused-ring (bicyclic) bond motifs is 1. The fraction of sp³-hybridized carbons (Fsp3) is 0.391. The van der Waals surface area contributed by atoms with Gasteiger partial charge in [0, 0.05) is 36.2 Å². The van der Waals surface area contributed by atoms with Gasteiger partial charge in [0.05, 0.1) is 36.1 Å². The Balaban J connectivity index is 1.34. The van der Waals surface area contributed by atoms with Crippen LogP contribution in [0.3, 0.4) is 0 Å². The summed E-state index contributed by atoms with van der Waals surface area (Å²) in [6.07, 6.45) is 0. The van der Waals surface area contributed by atoms with Crippen LogP contribution < -0.4 is 16.0 Å². The molecule has 1 saturated heterocycles. The standard InChI is InChI=1S/C23H27BrN4O5S/c24-18-3-1-2-16(12-18)14-34(31,32)15-21-23(30)27-20-13-17(4-5-19(20)26-21)22(29)25-6-7-28-8-10-33-11-9-28/h1-5,12-13,21,26H,6-11,14-15H2,(H,25,29)(H,27,30)/t21-/m1/s1. The number of carbonyl (C=O) groups is 2. The number of carbonyl (C=O) groups excluding carboxylic acids is 2. The van der Waals surface area contributed by atoms with Crippen LogP contribution in [0.5, 0.6) is 0 Å². The van der Waals surface area contributed by atoms with Crippen molar-refractivity contribution in [3.8, 4) is 0 Å². The van der Waals surface area contributed by atoms with Crippen LogP contribution in [0.4, 0.5) is 11.4 Å². The molecule has 4 rings (SSSR count). The Bertz CT molecular complexity index is 1170. The van der Waals surface area contributed by atoms with Gasteiger partial charge in [0.25, 0.3) is 5.91 Å². The predicted octanol–water partition coefficient (Wildman–Crippen LogP) is 1.86. The number of anilines is 2. The second-order valence-corrected chi connectivity index (χ2v) is 11.4. The first kappa shape index (κ1) is 24.6. The van der Waals surface area contributed by atoms with Crippen molar-refractivity contribution in [2.75, 3.05) is 55.8 Å². The maximum Gasteiger partial charge on any atom is 0.251 e. The van der Waals surface area contributed by atoms with E-state index in [-0.39, 0.29) is 17.4 Å². The van der Waals surface area contributed by atoms with Gasteiger partial charge in [-0.15, -0.1) is 0 Å². The molecule has 2 aromatic carbocycles. The highest BCUT2D eigenvalue weighted by atomic mass is 79.9. The number of nitrogens with zero attached hydrogens (tertiary/aromatic N) is 1. The fourth-order valence-corrected chi connectivity index (χ4v) is 5.95. The van der Waals surface area contributed by atoms with E-state index in [4.69, 9.17) is 4.74 Å². The van der Waals surface area contributed by atoms with Crippen molar-refractivity contribution in [2.24, 2.45) is 0 Å². The van der Waals surface area contributed by atoms with Crippen LogP contribution in [0, 0.1) is 0 Å². The number of halogens is 1. The Labute approximate surface area is 207 Å². The fourth-order valence-electron chi connectivity index (χ4n) is 3.95. The third kappa shape index (κ3) is 6.56. The van der Waals surface area contributed by atoms with Crippen LogP contribution in [0.2, 0.25) is 0 Å². The van der Waals surface area contributed by atoms with Crippen molar-refractivity contribution in [2.45, 2.75) is 11.8 Å². The molecule has 2 aromatic rings. The van der Waals surface area contributed by atoms with Crippen LogP contribution in [0.1, 0.15) is 15.9 Å². The molecule has 0 unspecified atom stereocenters. The van der Waals surface area contributed by atoms with E-state index in [1.54, 1.807) is 36.4 Å². The van der Waals surface area contributed by atoms with Gasteiger partial charge in [-0.3, -0.25) is 14.5 Å². The monoisotopic (exact) mass is 550 g/mol. The number of morpholine rings is 1. The Kier molecular flexibility index (Phi) is 7.87. The average Bonchev–Trinajstić information content (AvgIpc) is 2.79. The molecule has 0 aliphatic carbocycles. The van der Waals surface area contributed by atoms with E-state index >= 15 is 0 Å². The molecule has 9 nitrogen and oxygen atoms in total. The molecule has 2 amide bonds. The number of rotatable bonds is 8.